The van der Waals surface area contributed by atoms with Gasteiger partial charge in [0.2, 0.25) is 0 Å². The van der Waals surface area contributed by atoms with E-state index in [-0.39, 0.29) is 11.6 Å². The average Bonchev–Trinajstić information content (AvgIpc) is 2.92. The van der Waals surface area contributed by atoms with Gasteiger partial charge in [-0.25, -0.2) is 0 Å². The number of nitrogens with zero attached hydrogens (tertiary/aromatic N) is 3. The van der Waals surface area contributed by atoms with Gasteiger partial charge in [0.25, 0.3) is 5.91 Å². The zero-order valence-corrected chi connectivity index (χ0v) is 16.0. The van der Waals surface area contributed by atoms with Crippen LogP contribution >= 0.6 is 0 Å². The molecule has 2 heterocycles. The summed E-state index contributed by atoms with van der Waals surface area (Å²) in [6.45, 7) is 9.75. The lowest BCUT2D eigenvalue weighted by molar-refractivity contribution is -0.142. The van der Waals surface area contributed by atoms with Gasteiger partial charge in [-0.15, -0.1) is 0 Å². The molecule has 0 bridgehead atoms. The standard InChI is InChI=1S/C18H29F3N4O/c1-5-6-9-22-17(26)15-13(4)25(23-16(15)18(19,20)21)14-7-10-24(11-8-14)12(2)3/h12,14H,5-11H2,1-4H3,(H,22,26). The number of halogens is 3. The van der Waals surface area contributed by atoms with Crippen molar-refractivity contribution in [2.45, 2.75) is 71.6 Å². The first-order chi connectivity index (χ1) is 12.2. The minimum atomic E-state index is -4.65. The number of amides is 1. The first-order valence-electron chi connectivity index (χ1n) is 9.35. The van der Waals surface area contributed by atoms with E-state index in [0.717, 1.165) is 38.8 Å². The zero-order valence-electron chi connectivity index (χ0n) is 16.0. The van der Waals surface area contributed by atoms with Gasteiger partial charge >= 0.3 is 6.18 Å². The lowest BCUT2D eigenvalue weighted by Gasteiger charge is -2.35. The van der Waals surface area contributed by atoms with Gasteiger partial charge < -0.3 is 10.2 Å². The summed E-state index contributed by atoms with van der Waals surface area (Å²) in [6.07, 6.45) is -1.59. The summed E-state index contributed by atoms with van der Waals surface area (Å²) in [4.78, 5) is 14.7. The number of nitrogens with one attached hydrogen (secondary N) is 1. The summed E-state index contributed by atoms with van der Waals surface area (Å²) < 4.78 is 41.8. The van der Waals surface area contributed by atoms with E-state index in [1.807, 2.05) is 6.92 Å². The van der Waals surface area contributed by atoms with Gasteiger partial charge in [0.05, 0.1) is 11.6 Å². The third kappa shape index (κ3) is 4.58. The average molecular weight is 374 g/mol. The smallest absolute Gasteiger partial charge is 0.352 e. The number of aromatic nitrogens is 2. The molecule has 0 spiro atoms. The highest BCUT2D eigenvalue weighted by molar-refractivity contribution is 5.96. The fourth-order valence-corrected chi connectivity index (χ4v) is 3.46. The highest BCUT2D eigenvalue weighted by atomic mass is 19.4. The Balaban J connectivity index is 2.27. The Kier molecular flexibility index (Phi) is 6.71. The Morgan fingerprint density at radius 3 is 2.42 bits per heavy atom. The van der Waals surface area contributed by atoms with Gasteiger partial charge in [0, 0.05) is 31.4 Å². The number of likely N-dealkylation sites (tertiary alicyclic amines) is 1. The summed E-state index contributed by atoms with van der Waals surface area (Å²) in [7, 11) is 0. The lowest BCUT2D eigenvalue weighted by Crippen LogP contribution is -2.39. The van der Waals surface area contributed by atoms with Crippen molar-refractivity contribution in [1.29, 1.82) is 0 Å². The maximum Gasteiger partial charge on any atom is 0.435 e. The first kappa shape index (κ1) is 20.7. The van der Waals surface area contributed by atoms with E-state index in [1.165, 1.54) is 4.68 Å². The van der Waals surface area contributed by atoms with Crippen molar-refractivity contribution in [2.24, 2.45) is 0 Å². The van der Waals surface area contributed by atoms with Crippen LogP contribution in [-0.4, -0.2) is 46.3 Å². The molecule has 0 unspecified atom stereocenters. The van der Waals surface area contributed by atoms with E-state index in [1.54, 1.807) is 6.92 Å². The van der Waals surface area contributed by atoms with E-state index in [4.69, 9.17) is 0 Å². The Labute approximate surface area is 152 Å². The second-order valence-electron chi connectivity index (χ2n) is 7.22. The molecule has 1 aromatic heterocycles. The highest BCUT2D eigenvalue weighted by Gasteiger charge is 2.41. The predicted octanol–water partition coefficient (Wildman–Crippen LogP) is 3.79. The van der Waals surface area contributed by atoms with Crippen LogP contribution in [0, 0.1) is 6.92 Å². The van der Waals surface area contributed by atoms with Crippen LogP contribution in [0.5, 0.6) is 0 Å². The van der Waals surface area contributed by atoms with E-state index >= 15 is 0 Å². The highest BCUT2D eigenvalue weighted by Crippen LogP contribution is 2.35. The molecule has 26 heavy (non-hydrogen) atoms. The van der Waals surface area contributed by atoms with Gasteiger partial charge in [-0.1, -0.05) is 13.3 Å². The normalized spacial score (nSPS) is 17.1. The molecule has 1 fully saturated rings. The van der Waals surface area contributed by atoms with Crippen LogP contribution < -0.4 is 5.32 Å². The fourth-order valence-electron chi connectivity index (χ4n) is 3.46. The van der Waals surface area contributed by atoms with E-state index < -0.39 is 17.8 Å². The van der Waals surface area contributed by atoms with Crippen molar-refractivity contribution >= 4 is 5.91 Å². The van der Waals surface area contributed by atoms with Crippen molar-refractivity contribution in [3.8, 4) is 0 Å². The minimum Gasteiger partial charge on any atom is -0.352 e. The molecule has 1 saturated heterocycles. The molecule has 1 aliphatic heterocycles. The Morgan fingerprint density at radius 2 is 1.92 bits per heavy atom. The summed E-state index contributed by atoms with van der Waals surface area (Å²) in [5.41, 5.74) is -1.11. The van der Waals surface area contributed by atoms with Crippen LogP contribution in [0.15, 0.2) is 0 Å². The van der Waals surface area contributed by atoms with Gasteiger partial charge in [0.1, 0.15) is 0 Å². The van der Waals surface area contributed by atoms with Gasteiger partial charge in [-0.3, -0.25) is 9.48 Å². The molecule has 5 nitrogen and oxygen atoms in total. The Morgan fingerprint density at radius 1 is 1.31 bits per heavy atom. The van der Waals surface area contributed by atoms with E-state index in [0.29, 0.717) is 18.3 Å². The molecule has 1 aromatic rings. The number of carbonyl (C=O) groups excluding carboxylic acids is 1. The summed E-state index contributed by atoms with van der Waals surface area (Å²) in [6, 6.07) is 0.309. The first-order valence-corrected chi connectivity index (χ1v) is 9.35. The number of unbranched alkanes of at least 4 members (excludes halogenated alkanes) is 1. The maximum absolute atomic E-state index is 13.5. The Hall–Kier alpha value is -1.57. The monoisotopic (exact) mass is 374 g/mol. The number of alkyl halides is 3. The molecule has 1 aliphatic rings. The van der Waals surface area contributed by atoms with Gasteiger partial charge in [-0.2, -0.15) is 18.3 Å². The molecule has 0 atom stereocenters. The van der Waals surface area contributed by atoms with Crippen molar-refractivity contribution in [1.82, 2.24) is 20.0 Å². The molecular formula is C18H29F3N4O. The van der Waals surface area contributed by atoms with Crippen molar-refractivity contribution in [3.63, 3.8) is 0 Å². The quantitative estimate of drug-likeness (QED) is 0.771. The van der Waals surface area contributed by atoms with E-state index in [9.17, 15) is 18.0 Å². The van der Waals surface area contributed by atoms with Crippen molar-refractivity contribution in [3.05, 3.63) is 17.0 Å². The summed E-state index contributed by atoms with van der Waals surface area (Å²) >= 11 is 0. The molecular weight excluding hydrogens is 345 g/mol. The van der Waals surface area contributed by atoms with Crippen LogP contribution in [0.25, 0.3) is 0 Å². The molecule has 148 valence electrons. The SMILES string of the molecule is CCCCNC(=O)c1c(C(F)(F)F)nn(C2CCN(C(C)C)CC2)c1C. The molecule has 1 N–H and O–H groups in total. The second-order valence-corrected chi connectivity index (χ2v) is 7.22. The Bertz CT molecular complexity index is 617. The zero-order chi connectivity index (χ0) is 19.5. The second kappa shape index (κ2) is 8.41. The van der Waals surface area contributed by atoms with Crippen LogP contribution in [0.3, 0.4) is 0 Å². The summed E-state index contributed by atoms with van der Waals surface area (Å²) in [5, 5.41) is 6.43. The maximum atomic E-state index is 13.5. The topological polar surface area (TPSA) is 50.2 Å². The third-order valence-corrected chi connectivity index (χ3v) is 5.04. The number of piperidine rings is 1. The molecule has 8 heteroatoms. The van der Waals surface area contributed by atoms with Crippen LogP contribution in [-0.2, 0) is 6.18 Å². The molecule has 1 amide bonds. The predicted molar refractivity (Wildman–Crippen MR) is 94.2 cm³/mol. The number of hydrogen-bond donors (Lipinski definition) is 1. The number of carbonyl (C=O) groups is 1. The van der Waals surface area contributed by atoms with Crippen LogP contribution in [0.4, 0.5) is 13.2 Å². The lowest BCUT2D eigenvalue weighted by atomic mass is 10.0. The third-order valence-electron chi connectivity index (χ3n) is 5.04. The van der Waals surface area contributed by atoms with Gasteiger partial charge in [0.15, 0.2) is 5.69 Å². The largest absolute Gasteiger partial charge is 0.435 e. The molecule has 0 radical (unpaired) electrons. The van der Waals surface area contributed by atoms with E-state index in [2.05, 4.69) is 29.2 Å². The summed E-state index contributed by atoms with van der Waals surface area (Å²) in [5.74, 6) is -0.686. The molecule has 0 aromatic carbocycles. The molecule has 2 rings (SSSR count). The number of rotatable bonds is 6. The fraction of sp³-hybridized carbons (Fsp3) is 0.778. The minimum absolute atomic E-state index is 0.108. The van der Waals surface area contributed by atoms with Crippen LogP contribution in [0.1, 0.15) is 74.2 Å². The molecule has 0 aliphatic carbocycles. The number of hydrogen-bond acceptors (Lipinski definition) is 3. The van der Waals surface area contributed by atoms with Crippen LogP contribution in [0.2, 0.25) is 0 Å². The van der Waals surface area contributed by atoms with Crippen molar-refractivity contribution in [2.75, 3.05) is 19.6 Å². The molecule has 0 saturated carbocycles. The van der Waals surface area contributed by atoms with Crippen molar-refractivity contribution < 1.29 is 18.0 Å². The van der Waals surface area contributed by atoms with Gasteiger partial charge in [-0.05, 0) is 40.0 Å².